The first-order chi connectivity index (χ1) is 10.7. The van der Waals surface area contributed by atoms with Gasteiger partial charge >= 0.3 is 0 Å². The molecule has 0 atom stereocenters. The highest BCUT2D eigenvalue weighted by Crippen LogP contribution is 2.36. The molecule has 0 bridgehead atoms. The van der Waals surface area contributed by atoms with Crippen LogP contribution in [0.25, 0.3) is 0 Å². The molecule has 2 aromatic rings. The molecule has 2 aliphatic rings. The maximum Gasteiger partial charge on any atom is 0.223 e. The summed E-state index contributed by atoms with van der Waals surface area (Å²) >= 11 is 0. The molecular formula is C18H20N2O2. The zero-order valence-corrected chi connectivity index (χ0v) is 12.5. The SMILES string of the molecule is O=c1cc(CN2CCc3ccccc3C2)n(C2CC2)cc1O. The van der Waals surface area contributed by atoms with Crippen LogP contribution in [0.5, 0.6) is 5.75 Å². The lowest BCUT2D eigenvalue weighted by molar-refractivity contribution is 0.238. The first-order valence-corrected chi connectivity index (χ1v) is 7.94. The van der Waals surface area contributed by atoms with Gasteiger partial charge in [-0.25, -0.2) is 0 Å². The van der Waals surface area contributed by atoms with E-state index in [0.29, 0.717) is 6.04 Å². The van der Waals surface area contributed by atoms with E-state index in [9.17, 15) is 9.90 Å². The summed E-state index contributed by atoms with van der Waals surface area (Å²) in [5.74, 6) is -0.139. The molecule has 0 amide bonds. The molecule has 1 aromatic carbocycles. The van der Waals surface area contributed by atoms with E-state index in [1.54, 1.807) is 12.3 Å². The summed E-state index contributed by atoms with van der Waals surface area (Å²) in [4.78, 5) is 14.2. The Morgan fingerprint density at radius 2 is 1.95 bits per heavy atom. The van der Waals surface area contributed by atoms with E-state index in [4.69, 9.17) is 0 Å². The molecule has 1 N–H and O–H groups in total. The van der Waals surface area contributed by atoms with Gasteiger partial charge < -0.3 is 9.67 Å². The quantitative estimate of drug-likeness (QED) is 0.946. The van der Waals surface area contributed by atoms with Crippen LogP contribution in [0.1, 0.15) is 35.7 Å². The largest absolute Gasteiger partial charge is 0.503 e. The maximum atomic E-state index is 11.8. The molecule has 1 aliphatic carbocycles. The van der Waals surface area contributed by atoms with Crippen molar-refractivity contribution in [3.8, 4) is 5.75 Å². The van der Waals surface area contributed by atoms with Gasteiger partial charge in [-0.1, -0.05) is 24.3 Å². The Labute approximate surface area is 129 Å². The molecule has 0 spiro atoms. The Hall–Kier alpha value is -2.07. The predicted octanol–water partition coefficient (Wildman–Crippen LogP) is 2.45. The van der Waals surface area contributed by atoms with Crippen molar-refractivity contribution >= 4 is 0 Å². The number of rotatable bonds is 3. The minimum Gasteiger partial charge on any atom is -0.503 e. The van der Waals surface area contributed by atoms with Crippen LogP contribution in [0.2, 0.25) is 0 Å². The Kier molecular flexibility index (Phi) is 3.26. The number of nitrogens with zero attached hydrogens (tertiary/aromatic N) is 2. The number of fused-ring (bicyclic) bond motifs is 1. The van der Waals surface area contributed by atoms with Crippen LogP contribution in [0.3, 0.4) is 0 Å². The van der Waals surface area contributed by atoms with Gasteiger partial charge in [0.15, 0.2) is 5.75 Å². The van der Waals surface area contributed by atoms with Crippen LogP contribution in [0, 0.1) is 0 Å². The van der Waals surface area contributed by atoms with Gasteiger partial charge in [-0.3, -0.25) is 9.69 Å². The van der Waals surface area contributed by atoms with Gasteiger partial charge in [-0.05, 0) is 30.4 Å². The standard InChI is InChI=1S/C18H20N2O2/c21-17-9-16(20(12-18(17)22)15-5-6-15)11-19-8-7-13-3-1-2-4-14(13)10-19/h1-4,9,12,15,22H,5-8,10-11H2. The average molecular weight is 296 g/mol. The third-order valence-electron chi connectivity index (χ3n) is 4.68. The zero-order chi connectivity index (χ0) is 15.1. The summed E-state index contributed by atoms with van der Waals surface area (Å²) in [5, 5.41) is 9.69. The van der Waals surface area contributed by atoms with Crippen LogP contribution in [0.15, 0.2) is 41.3 Å². The fourth-order valence-electron chi connectivity index (χ4n) is 3.32. The second kappa shape index (κ2) is 5.29. The minimum absolute atomic E-state index is 0.139. The number of benzene rings is 1. The molecule has 4 heteroatoms. The smallest absolute Gasteiger partial charge is 0.223 e. The molecule has 1 aliphatic heterocycles. The number of aromatic nitrogens is 1. The summed E-state index contributed by atoms with van der Waals surface area (Å²) in [5.41, 5.74) is 3.56. The van der Waals surface area contributed by atoms with Gasteiger partial charge in [-0.15, -0.1) is 0 Å². The van der Waals surface area contributed by atoms with Crippen molar-refractivity contribution in [2.75, 3.05) is 6.54 Å². The summed E-state index contributed by atoms with van der Waals surface area (Å²) < 4.78 is 2.09. The van der Waals surface area contributed by atoms with Gasteiger partial charge in [-0.2, -0.15) is 0 Å². The summed E-state index contributed by atoms with van der Waals surface area (Å²) in [7, 11) is 0. The van der Waals surface area contributed by atoms with Crippen molar-refractivity contribution in [1.29, 1.82) is 0 Å². The number of pyridine rings is 1. The Morgan fingerprint density at radius 3 is 2.73 bits per heavy atom. The molecule has 2 heterocycles. The second-order valence-electron chi connectivity index (χ2n) is 6.38. The van der Waals surface area contributed by atoms with E-state index in [1.807, 2.05) is 0 Å². The summed E-state index contributed by atoms with van der Waals surface area (Å²) in [6.45, 7) is 2.70. The highest BCUT2D eigenvalue weighted by Gasteiger charge is 2.26. The molecular weight excluding hydrogens is 276 g/mol. The second-order valence-corrected chi connectivity index (χ2v) is 6.38. The van der Waals surface area contributed by atoms with Crippen molar-refractivity contribution in [2.45, 2.75) is 38.4 Å². The molecule has 1 aromatic heterocycles. The Morgan fingerprint density at radius 1 is 1.18 bits per heavy atom. The lowest BCUT2D eigenvalue weighted by Gasteiger charge is -2.29. The van der Waals surface area contributed by atoms with E-state index in [1.165, 1.54) is 11.1 Å². The molecule has 4 rings (SSSR count). The average Bonchev–Trinajstić information content (AvgIpc) is 3.35. The molecule has 1 saturated carbocycles. The van der Waals surface area contributed by atoms with Crippen LogP contribution >= 0.6 is 0 Å². The molecule has 22 heavy (non-hydrogen) atoms. The zero-order valence-electron chi connectivity index (χ0n) is 12.5. The van der Waals surface area contributed by atoms with Crippen LogP contribution < -0.4 is 5.43 Å². The molecule has 0 unspecified atom stereocenters. The molecule has 4 nitrogen and oxygen atoms in total. The van der Waals surface area contributed by atoms with Crippen molar-refractivity contribution in [3.05, 3.63) is 63.6 Å². The molecule has 0 saturated heterocycles. The van der Waals surface area contributed by atoms with E-state index < -0.39 is 0 Å². The minimum atomic E-state index is -0.274. The maximum absolute atomic E-state index is 11.8. The van der Waals surface area contributed by atoms with Crippen LogP contribution in [0.4, 0.5) is 0 Å². The first-order valence-electron chi connectivity index (χ1n) is 7.94. The van der Waals surface area contributed by atoms with Gasteiger partial charge in [0, 0.05) is 37.4 Å². The number of aromatic hydroxyl groups is 1. The van der Waals surface area contributed by atoms with E-state index >= 15 is 0 Å². The fraction of sp³-hybridized carbons (Fsp3) is 0.389. The summed E-state index contributed by atoms with van der Waals surface area (Å²) in [6.07, 6.45) is 4.95. The lowest BCUT2D eigenvalue weighted by atomic mass is 10.00. The fourth-order valence-corrected chi connectivity index (χ4v) is 3.32. The monoisotopic (exact) mass is 296 g/mol. The van der Waals surface area contributed by atoms with E-state index in [2.05, 4.69) is 33.7 Å². The molecule has 0 radical (unpaired) electrons. The highest BCUT2D eigenvalue weighted by molar-refractivity contribution is 5.29. The number of hydrogen-bond acceptors (Lipinski definition) is 3. The normalized spacial score (nSPS) is 18.2. The number of hydrogen-bond donors (Lipinski definition) is 1. The third kappa shape index (κ3) is 2.55. The molecule has 114 valence electrons. The Balaban J connectivity index is 1.59. The Bertz CT molecular complexity index is 762. The van der Waals surface area contributed by atoms with Crippen LogP contribution in [-0.4, -0.2) is 21.1 Å². The molecule has 1 fully saturated rings. The van der Waals surface area contributed by atoms with Crippen molar-refractivity contribution in [2.24, 2.45) is 0 Å². The van der Waals surface area contributed by atoms with Gasteiger partial charge in [0.25, 0.3) is 0 Å². The predicted molar refractivity (Wildman–Crippen MR) is 84.9 cm³/mol. The van der Waals surface area contributed by atoms with Crippen molar-refractivity contribution < 1.29 is 5.11 Å². The van der Waals surface area contributed by atoms with E-state index in [0.717, 1.165) is 44.6 Å². The van der Waals surface area contributed by atoms with Gasteiger partial charge in [0.05, 0.1) is 6.20 Å². The van der Waals surface area contributed by atoms with Crippen molar-refractivity contribution in [3.63, 3.8) is 0 Å². The summed E-state index contributed by atoms with van der Waals surface area (Å²) in [6, 6.07) is 10.6. The van der Waals surface area contributed by atoms with Crippen molar-refractivity contribution in [1.82, 2.24) is 9.47 Å². The van der Waals surface area contributed by atoms with Gasteiger partial charge in [0.1, 0.15) is 0 Å². The third-order valence-corrected chi connectivity index (χ3v) is 4.68. The lowest BCUT2D eigenvalue weighted by Crippen LogP contribution is -2.31. The van der Waals surface area contributed by atoms with Crippen LogP contribution in [-0.2, 0) is 19.5 Å². The first kappa shape index (κ1) is 13.6. The topological polar surface area (TPSA) is 45.5 Å². The van der Waals surface area contributed by atoms with E-state index in [-0.39, 0.29) is 11.2 Å². The van der Waals surface area contributed by atoms with Gasteiger partial charge in [0.2, 0.25) is 5.43 Å². The highest BCUT2D eigenvalue weighted by atomic mass is 16.3.